The molecule has 0 bridgehead atoms. The second kappa shape index (κ2) is 9.16. The number of aryl methyl sites for hydroxylation is 1. The lowest BCUT2D eigenvalue weighted by molar-refractivity contribution is -0.123. The number of fused-ring (bicyclic) bond motifs is 1. The van der Waals surface area contributed by atoms with Crippen LogP contribution < -0.4 is 10.2 Å². The molecule has 0 saturated carbocycles. The molecule has 2 aromatic heterocycles. The Morgan fingerprint density at radius 3 is 2.90 bits per heavy atom. The van der Waals surface area contributed by atoms with Gasteiger partial charge in [0.05, 0.1) is 23.5 Å². The molecule has 9 heteroatoms. The summed E-state index contributed by atoms with van der Waals surface area (Å²) >= 11 is 12.3. The average Bonchev–Trinajstić information content (AvgIpc) is 3.29. The van der Waals surface area contributed by atoms with Crippen molar-refractivity contribution in [1.29, 1.82) is 0 Å². The quantitative estimate of drug-likeness (QED) is 0.250. The Morgan fingerprint density at radius 1 is 1.23 bits per heavy atom. The summed E-state index contributed by atoms with van der Waals surface area (Å²) in [7, 11) is 0. The minimum atomic E-state index is -0.449. The average molecular weight is 455 g/mol. The van der Waals surface area contributed by atoms with Crippen molar-refractivity contribution in [2.24, 2.45) is 5.10 Å². The molecule has 4 aromatic rings. The number of nitrogens with one attached hydrogen (secondary N) is 1. The molecule has 0 unspecified atom stereocenters. The van der Waals surface area contributed by atoms with Gasteiger partial charge in [-0.05, 0) is 36.8 Å². The number of hydrogen-bond acceptors (Lipinski definition) is 6. The summed E-state index contributed by atoms with van der Waals surface area (Å²) in [5.74, 6) is 0.456. The number of aromatic nitrogens is 2. The molecule has 7 nitrogen and oxygen atoms in total. The fourth-order valence-electron chi connectivity index (χ4n) is 2.96. The normalized spacial score (nSPS) is 11.2. The first-order chi connectivity index (χ1) is 15.0. The molecule has 0 saturated heterocycles. The smallest absolute Gasteiger partial charge is 0.277 e. The molecule has 0 fully saturated rings. The lowest BCUT2D eigenvalue weighted by atomic mass is 10.1. The van der Waals surface area contributed by atoms with E-state index in [0.29, 0.717) is 32.8 Å². The van der Waals surface area contributed by atoms with Gasteiger partial charge in [-0.15, -0.1) is 0 Å². The molecular weight excluding hydrogens is 439 g/mol. The molecule has 0 aliphatic rings. The van der Waals surface area contributed by atoms with Crippen molar-refractivity contribution >= 4 is 46.2 Å². The van der Waals surface area contributed by atoms with Gasteiger partial charge in [-0.2, -0.15) is 5.10 Å². The first kappa shape index (κ1) is 20.8. The molecule has 31 heavy (non-hydrogen) atoms. The Hall–Kier alpha value is -3.42. The van der Waals surface area contributed by atoms with Crippen LogP contribution in [-0.2, 0) is 4.79 Å². The van der Waals surface area contributed by atoms with Crippen LogP contribution in [0.4, 0.5) is 0 Å². The number of pyridine rings is 1. The van der Waals surface area contributed by atoms with Crippen molar-refractivity contribution in [3.05, 3.63) is 76.0 Å². The van der Waals surface area contributed by atoms with E-state index < -0.39 is 5.91 Å². The Kier molecular flexibility index (Phi) is 6.16. The highest BCUT2D eigenvalue weighted by molar-refractivity contribution is 6.32. The lowest BCUT2D eigenvalue weighted by Crippen LogP contribution is -2.24. The Morgan fingerprint density at radius 2 is 2.10 bits per heavy atom. The van der Waals surface area contributed by atoms with Crippen LogP contribution in [0.1, 0.15) is 11.1 Å². The molecule has 0 aliphatic carbocycles. The molecule has 2 aromatic carbocycles. The van der Waals surface area contributed by atoms with Crippen LogP contribution in [0.3, 0.4) is 0 Å². The number of hydrazone groups is 1. The summed E-state index contributed by atoms with van der Waals surface area (Å²) in [6.07, 6.45) is 2.95. The van der Waals surface area contributed by atoms with Crippen LogP contribution in [0.25, 0.3) is 22.2 Å². The van der Waals surface area contributed by atoms with E-state index >= 15 is 0 Å². The highest BCUT2D eigenvalue weighted by atomic mass is 35.5. The van der Waals surface area contributed by atoms with Crippen molar-refractivity contribution in [2.45, 2.75) is 6.92 Å². The van der Waals surface area contributed by atoms with E-state index in [1.807, 2.05) is 31.2 Å². The van der Waals surface area contributed by atoms with Crippen LogP contribution in [0.15, 0.2) is 64.4 Å². The fourth-order valence-corrected chi connectivity index (χ4v) is 3.32. The molecule has 0 spiro atoms. The molecular formula is C22H16Cl2N4O3. The molecule has 0 atom stereocenters. The number of amides is 1. The van der Waals surface area contributed by atoms with E-state index in [-0.39, 0.29) is 6.61 Å². The van der Waals surface area contributed by atoms with E-state index in [1.165, 1.54) is 12.4 Å². The van der Waals surface area contributed by atoms with Crippen LogP contribution in [0.5, 0.6) is 5.75 Å². The standard InChI is InChI=1S/C22H16Cl2N4O3/c1-13-3-2-4-14-9-15(22(24)27-21(13)14)11-25-28-20(29)12-30-18-6-5-16(23)10-17(18)19-7-8-26-31-19/h2-11H,12H2,1H3,(H,28,29)/b25-11+. The Labute approximate surface area is 187 Å². The van der Waals surface area contributed by atoms with Gasteiger partial charge < -0.3 is 9.26 Å². The third kappa shape index (κ3) is 4.84. The van der Waals surface area contributed by atoms with Crippen molar-refractivity contribution in [3.8, 4) is 17.1 Å². The SMILES string of the molecule is Cc1cccc2cc(/C=N/NC(=O)COc3ccc(Cl)cc3-c3ccno3)c(Cl)nc12. The summed E-state index contributed by atoms with van der Waals surface area (Å²) in [5.41, 5.74) is 5.44. The van der Waals surface area contributed by atoms with E-state index in [2.05, 4.69) is 20.7 Å². The predicted octanol–water partition coefficient (Wildman–Crippen LogP) is 5.03. The first-order valence-electron chi connectivity index (χ1n) is 9.22. The summed E-state index contributed by atoms with van der Waals surface area (Å²) < 4.78 is 10.8. The number of hydrogen-bond donors (Lipinski definition) is 1. The molecule has 156 valence electrons. The van der Waals surface area contributed by atoms with Gasteiger partial charge in [-0.1, -0.05) is 46.6 Å². The molecule has 0 radical (unpaired) electrons. The zero-order valence-corrected chi connectivity index (χ0v) is 17.8. The van der Waals surface area contributed by atoms with Crippen molar-refractivity contribution < 1.29 is 14.1 Å². The van der Waals surface area contributed by atoms with E-state index in [4.69, 9.17) is 32.5 Å². The third-order valence-corrected chi connectivity index (χ3v) is 4.96. The molecule has 1 N–H and O–H groups in total. The largest absolute Gasteiger partial charge is 0.483 e. The van der Waals surface area contributed by atoms with E-state index in [1.54, 1.807) is 24.3 Å². The molecule has 1 amide bonds. The van der Waals surface area contributed by atoms with Gasteiger partial charge in [0.2, 0.25) is 0 Å². The zero-order valence-electron chi connectivity index (χ0n) is 16.3. The van der Waals surface area contributed by atoms with Crippen molar-refractivity contribution in [2.75, 3.05) is 6.61 Å². The number of benzene rings is 2. The number of ether oxygens (including phenoxy) is 1. The zero-order chi connectivity index (χ0) is 21.8. The van der Waals surface area contributed by atoms with Crippen molar-refractivity contribution in [3.63, 3.8) is 0 Å². The minimum absolute atomic E-state index is 0.261. The maximum Gasteiger partial charge on any atom is 0.277 e. The summed E-state index contributed by atoms with van der Waals surface area (Å²) in [5, 5.41) is 9.37. The third-order valence-electron chi connectivity index (χ3n) is 4.42. The number of nitrogens with zero attached hydrogens (tertiary/aromatic N) is 3. The number of halogens is 2. The Bertz CT molecular complexity index is 1270. The van der Waals surface area contributed by atoms with Gasteiger partial charge in [0.15, 0.2) is 12.4 Å². The molecule has 0 aliphatic heterocycles. The topological polar surface area (TPSA) is 89.6 Å². The second-order valence-corrected chi connectivity index (χ2v) is 7.41. The fraction of sp³-hybridized carbons (Fsp3) is 0.0909. The molecule has 2 heterocycles. The highest BCUT2D eigenvalue weighted by Gasteiger charge is 2.12. The Balaban J connectivity index is 1.41. The lowest BCUT2D eigenvalue weighted by Gasteiger charge is -2.09. The predicted molar refractivity (Wildman–Crippen MR) is 120 cm³/mol. The first-order valence-corrected chi connectivity index (χ1v) is 9.98. The molecule has 4 rings (SSSR count). The highest BCUT2D eigenvalue weighted by Crippen LogP contribution is 2.32. The van der Waals surface area contributed by atoms with Crippen LogP contribution in [-0.4, -0.2) is 28.9 Å². The van der Waals surface area contributed by atoms with E-state index in [0.717, 1.165) is 16.5 Å². The number of para-hydroxylation sites is 1. The van der Waals surface area contributed by atoms with Crippen LogP contribution in [0, 0.1) is 6.92 Å². The minimum Gasteiger partial charge on any atom is -0.483 e. The number of carbonyl (C=O) groups excluding carboxylic acids is 1. The maximum atomic E-state index is 12.2. The second-order valence-electron chi connectivity index (χ2n) is 6.61. The number of rotatable bonds is 6. The van der Waals surface area contributed by atoms with Gasteiger partial charge in [-0.25, -0.2) is 10.4 Å². The maximum absolute atomic E-state index is 12.2. The van der Waals surface area contributed by atoms with Gasteiger partial charge >= 0.3 is 0 Å². The van der Waals surface area contributed by atoms with Gasteiger partial charge in [0.25, 0.3) is 5.91 Å². The van der Waals surface area contributed by atoms with Gasteiger partial charge in [-0.3, -0.25) is 4.79 Å². The van der Waals surface area contributed by atoms with Crippen LogP contribution >= 0.6 is 23.2 Å². The van der Waals surface area contributed by atoms with E-state index in [9.17, 15) is 4.79 Å². The van der Waals surface area contributed by atoms with Gasteiger partial charge in [0, 0.05) is 22.0 Å². The monoisotopic (exact) mass is 454 g/mol. The number of carbonyl (C=O) groups is 1. The van der Waals surface area contributed by atoms with Gasteiger partial charge in [0.1, 0.15) is 10.9 Å². The van der Waals surface area contributed by atoms with Crippen molar-refractivity contribution in [1.82, 2.24) is 15.6 Å². The van der Waals surface area contributed by atoms with Crippen LogP contribution in [0.2, 0.25) is 10.2 Å². The summed E-state index contributed by atoms with van der Waals surface area (Å²) in [6, 6.07) is 14.4. The summed E-state index contributed by atoms with van der Waals surface area (Å²) in [4.78, 5) is 16.6. The summed E-state index contributed by atoms with van der Waals surface area (Å²) in [6.45, 7) is 1.71.